The second-order valence-electron chi connectivity index (χ2n) is 7.27. The zero-order chi connectivity index (χ0) is 17.2. The highest BCUT2D eigenvalue weighted by molar-refractivity contribution is 6.31. The molecule has 0 bridgehead atoms. The number of aryl methyl sites for hydroxylation is 1. The Labute approximate surface area is 150 Å². The summed E-state index contributed by atoms with van der Waals surface area (Å²) in [6, 6.07) is 14.0. The fraction of sp³-hybridized carbons (Fsp3) is 0.238. The zero-order valence-corrected chi connectivity index (χ0v) is 14.9. The van der Waals surface area contributed by atoms with Crippen LogP contribution in [0.2, 0.25) is 5.02 Å². The summed E-state index contributed by atoms with van der Waals surface area (Å²) in [7, 11) is 0. The van der Waals surface area contributed by atoms with E-state index in [1.165, 1.54) is 0 Å². The predicted molar refractivity (Wildman–Crippen MR) is 103 cm³/mol. The van der Waals surface area contributed by atoms with E-state index in [1.54, 1.807) is 0 Å². The van der Waals surface area contributed by atoms with Crippen molar-refractivity contribution in [2.24, 2.45) is 0 Å². The van der Waals surface area contributed by atoms with Gasteiger partial charge in [-0.3, -0.25) is 0 Å². The number of fused-ring (bicyclic) bond motifs is 7. The summed E-state index contributed by atoms with van der Waals surface area (Å²) in [4.78, 5) is 9.84. The normalized spacial score (nSPS) is 16.1. The first-order valence-electron chi connectivity index (χ1n) is 8.51. The van der Waals surface area contributed by atoms with E-state index < -0.39 is 0 Å². The highest BCUT2D eigenvalue weighted by Crippen LogP contribution is 2.43. The molecule has 0 unspecified atom stereocenters. The van der Waals surface area contributed by atoms with E-state index in [-0.39, 0.29) is 5.60 Å². The number of hydrogen-bond acceptors (Lipinski definition) is 3. The van der Waals surface area contributed by atoms with Crippen LogP contribution in [-0.4, -0.2) is 15.6 Å². The Kier molecular flexibility index (Phi) is 3.02. The lowest BCUT2D eigenvalue weighted by Crippen LogP contribution is -2.32. The molecular formula is C21H17ClN2O. The van der Waals surface area contributed by atoms with Crippen molar-refractivity contribution in [3.63, 3.8) is 0 Å². The van der Waals surface area contributed by atoms with Gasteiger partial charge in [0.05, 0.1) is 22.1 Å². The maximum absolute atomic E-state index is 6.38. The van der Waals surface area contributed by atoms with Crippen molar-refractivity contribution >= 4 is 44.4 Å². The van der Waals surface area contributed by atoms with Crippen molar-refractivity contribution in [3.8, 4) is 5.75 Å². The van der Waals surface area contributed by atoms with Gasteiger partial charge in [0.25, 0.3) is 0 Å². The largest absolute Gasteiger partial charge is 0.487 e. The first-order chi connectivity index (χ1) is 12.0. The molecule has 3 aromatic carbocycles. The molecule has 0 N–H and O–H groups in total. The predicted octanol–water partition coefficient (Wildman–Crippen LogP) is 5.69. The third kappa shape index (κ3) is 2.26. The van der Waals surface area contributed by atoms with Gasteiger partial charge in [0.1, 0.15) is 11.4 Å². The summed E-state index contributed by atoms with van der Waals surface area (Å²) in [5.41, 5.74) is 4.53. The van der Waals surface area contributed by atoms with E-state index in [9.17, 15) is 0 Å². The van der Waals surface area contributed by atoms with Crippen molar-refractivity contribution < 1.29 is 4.74 Å². The molecule has 0 aliphatic carbocycles. The highest BCUT2D eigenvalue weighted by Gasteiger charge is 2.30. The lowest BCUT2D eigenvalue weighted by molar-refractivity contribution is 0.0873. The van der Waals surface area contributed by atoms with E-state index in [0.29, 0.717) is 5.02 Å². The average molecular weight is 349 g/mol. The van der Waals surface area contributed by atoms with Crippen LogP contribution in [0.5, 0.6) is 5.75 Å². The van der Waals surface area contributed by atoms with E-state index in [4.69, 9.17) is 26.3 Å². The summed E-state index contributed by atoms with van der Waals surface area (Å²) in [5, 5.41) is 2.87. The summed E-state index contributed by atoms with van der Waals surface area (Å²) >= 11 is 6.15. The van der Waals surface area contributed by atoms with Crippen LogP contribution in [0.15, 0.2) is 42.5 Å². The molecule has 5 rings (SSSR count). The van der Waals surface area contributed by atoms with Gasteiger partial charge in [0.2, 0.25) is 0 Å². The van der Waals surface area contributed by atoms with Crippen LogP contribution in [-0.2, 0) is 6.42 Å². The van der Waals surface area contributed by atoms with Gasteiger partial charge in [-0.25, -0.2) is 9.97 Å². The topological polar surface area (TPSA) is 35.0 Å². The number of hydrogen-bond donors (Lipinski definition) is 0. The zero-order valence-electron chi connectivity index (χ0n) is 14.1. The first-order valence-corrected chi connectivity index (χ1v) is 8.89. The van der Waals surface area contributed by atoms with Gasteiger partial charge in [0, 0.05) is 21.4 Å². The van der Waals surface area contributed by atoms with Gasteiger partial charge < -0.3 is 4.74 Å². The lowest BCUT2D eigenvalue weighted by Gasteiger charge is -2.33. The van der Waals surface area contributed by atoms with Gasteiger partial charge in [-0.1, -0.05) is 35.9 Å². The summed E-state index contributed by atoms with van der Waals surface area (Å²) in [6.45, 7) is 4.28. The molecule has 1 aromatic heterocycles. The van der Waals surface area contributed by atoms with Crippen LogP contribution in [0.1, 0.15) is 25.8 Å². The van der Waals surface area contributed by atoms with Crippen molar-refractivity contribution in [1.82, 2.24) is 9.97 Å². The van der Waals surface area contributed by atoms with E-state index in [1.807, 2.05) is 30.3 Å². The second kappa shape index (κ2) is 5.06. The Hall–Kier alpha value is -2.39. The fourth-order valence-corrected chi connectivity index (χ4v) is 3.85. The maximum Gasteiger partial charge on any atom is 0.133 e. The van der Waals surface area contributed by atoms with Crippen molar-refractivity contribution in [2.75, 3.05) is 0 Å². The van der Waals surface area contributed by atoms with Crippen LogP contribution in [0.4, 0.5) is 0 Å². The van der Waals surface area contributed by atoms with E-state index in [0.717, 1.165) is 57.0 Å². The van der Waals surface area contributed by atoms with Crippen LogP contribution in [0.25, 0.3) is 32.8 Å². The molecule has 1 aliphatic rings. The van der Waals surface area contributed by atoms with Crippen molar-refractivity contribution in [3.05, 3.63) is 53.1 Å². The molecule has 0 radical (unpaired) electrons. The molecule has 0 fully saturated rings. The Bertz CT molecular complexity index is 1170. The number of ether oxygens (including phenoxy) is 1. The van der Waals surface area contributed by atoms with Crippen LogP contribution < -0.4 is 4.74 Å². The molecule has 4 aromatic rings. The molecule has 3 nitrogen and oxygen atoms in total. The van der Waals surface area contributed by atoms with Crippen LogP contribution in [0.3, 0.4) is 0 Å². The number of rotatable bonds is 0. The molecule has 0 saturated carbocycles. The lowest BCUT2D eigenvalue weighted by atomic mass is 9.90. The highest BCUT2D eigenvalue weighted by atomic mass is 35.5. The fourth-order valence-electron chi connectivity index (χ4n) is 3.69. The maximum atomic E-state index is 6.38. The first kappa shape index (κ1) is 14.9. The quantitative estimate of drug-likeness (QED) is 0.302. The molecule has 4 heteroatoms. The van der Waals surface area contributed by atoms with E-state index in [2.05, 4.69) is 26.0 Å². The molecule has 0 atom stereocenters. The number of aromatic nitrogens is 2. The van der Waals surface area contributed by atoms with Gasteiger partial charge in [-0.15, -0.1) is 0 Å². The van der Waals surface area contributed by atoms with Gasteiger partial charge in [0.15, 0.2) is 0 Å². The standard InChI is InChI=1S/C21H17ClN2O/c1-21(2)10-9-15-19-18(13-5-3-4-6-14(13)20(15)25-21)23-16-8-7-12(22)11-17(16)24-19/h3-8,11H,9-10H2,1-2H3. The molecule has 0 saturated heterocycles. The Morgan fingerprint density at radius 1 is 0.960 bits per heavy atom. The molecule has 1 aliphatic heterocycles. The van der Waals surface area contributed by atoms with Gasteiger partial charge >= 0.3 is 0 Å². The SMILES string of the molecule is CC1(C)CCc2c(c3ccccc3c3nc4ccc(Cl)cc4nc23)O1. The van der Waals surface area contributed by atoms with Crippen molar-refractivity contribution in [1.29, 1.82) is 0 Å². The Balaban J connectivity index is 1.98. The molecule has 2 heterocycles. The average Bonchev–Trinajstić information content (AvgIpc) is 2.60. The second-order valence-corrected chi connectivity index (χ2v) is 7.71. The molecular weight excluding hydrogens is 332 g/mol. The number of halogens is 1. The van der Waals surface area contributed by atoms with E-state index >= 15 is 0 Å². The number of benzene rings is 3. The van der Waals surface area contributed by atoms with Gasteiger partial charge in [-0.2, -0.15) is 0 Å². The van der Waals surface area contributed by atoms with Gasteiger partial charge in [-0.05, 0) is 44.9 Å². The third-order valence-corrected chi connectivity index (χ3v) is 5.20. The minimum Gasteiger partial charge on any atom is -0.487 e. The van der Waals surface area contributed by atoms with Crippen molar-refractivity contribution in [2.45, 2.75) is 32.3 Å². The summed E-state index contributed by atoms with van der Waals surface area (Å²) in [6.07, 6.45) is 1.90. The monoisotopic (exact) mass is 348 g/mol. The minimum absolute atomic E-state index is 0.170. The molecule has 25 heavy (non-hydrogen) atoms. The summed E-state index contributed by atoms with van der Waals surface area (Å²) < 4.78 is 6.38. The minimum atomic E-state index is -0.170. The Morgan fingerprint density at radius 3 is 2.56 bits per heavy atom. The van der Waals surface area contributed by atoms with Crippen LogP contribution in [0, 0.1) is 0 Å². The number of nitrogens with zero attached hydrogens (tertiary/aromatic N) is 2. The smallest absolute Gasteiger partial charge is 0.133 e. The Morgan fingerprint density at radius 2 is 1.72 bits per heavy atom. The van der Waals surface area contributed by atoms with Crippen LogP contribution >= 0.6 is 11.6 Å². The molecule has 0 amide bonds. The summed E-state index contributed by atoms with van der Waals surface area (Å²) in [5.74, 6) is 0.954. The third-order valence-electron chi connectivity index (χ3n) is 4.97. The molecule has 124 valence electrons. The molecule has 0 spiro atoms.